The molecule has 2 amide bonds. The minimum Gasteiger partial charge on any atom is -0.367 e. The zero-order valence-electron chi connectivity index (χ0n) is 13.8. The summed E-state index contributed by atoms with van der Waals surface area (Å²) in [6.45, 7) is 0.663. The van der Waals surface area contributed by atoms with Crippen molar-refractivity contribution in [2.75, 3.05) is 6.54 Å². The fraction of sp³-hybridized carbons (Fsp3) is 0.263. The Morgan fingerprint density at radius 3 is 2.84 bits per heavy atom. The van der Waals surface area contributed by atoms with E-state index in [0.29, 0.717) is 12.5 Å². The molecule has 1 aromatic carbocycles. The number of nitrogens with one attached hydrogen (secondary N) is 1. The lowest BCUT2D eigenvalue weighted by molar-refractivity contribution is 0.151. The number of aromatic nitrogens is 2. The normalized spacial score (nSPS) is 20.6. The average molecular weight is 352 g/mol. The van der Waals surface area contributed by atoms with Crippen LogP contribution >= 0.6 is 11.3 Å². The molecule has 0 radical (unpaired) electrons. The van der Waals surface area contributed by atoms with Crippen molar-refractivity contribution < 1.29 is 4.79 Å². The van der Waals surface area contributed by atoms with Crippen molar-refractivity contribution in [3.05, 3.63) is 64.7 Å². The molecule has 0 spiro atoms. The molecule has 3 aromatic rings. The maximum absolute atomic E-state index is 11.8. The van der Waals surface area contributed by atoms with Gasteiger partial charge in [0.05, 0.1) is 16.7 Å². The number of likely N-dealkylation sites (tertiary alicyclic amines) is 1. The Bertz CT molecular complexity index is 843. The first kappa shape index (κ1) is 15.9. The molecule has 1 aliphatic rings. The highest BCUT2D eigenvalue weighted by Gasteiger charge is 2.33. The molecule has 6 heteroatoms. The van der Waals surface area contributed by atoms with E-state index in [1.807, 2.05) is 36.7 Å². The van der Waals surface area contributed by atoms with Gasteiger partial charge in [0.25, 0.3) is 0 Å². The van der Waals surface area contributed by atoms with Gasteiger partial charge in [-0.1, -0.05) is 30.3 Å². The fourth-order valence-electron chi connectivity index (χ4n) is 3.53. The molecule has 1 saturated heterocycles. The summed E-state index contributed by atoms with van der Waals surface area (Å²) in [5.74, 6) is 0.345. The number of carbonyl (C=O) groups is 1. The van der Waals surface area contributed by atoms with E-state index in [9.17, 15) is 4.79 Å². The predicted molar refractivity (Wildman–Crippen MR) is 99.3 cm³/mol. The number of urea groups is 1. The van der Waals surface area contributed by atoms with Crippen LogP contribution < -0.4 is 5.73 Å². The Morgan fingerprint density at radius 2 is 2.12 bits per heavy atom. The molecule has 1 fully saturated rings. The lowest BCUT2D eigenvalue weighted by Crippen LogP contribution is -2.43. The topological polar surface area (TPSA) is 75.0 Å². The predicted octanol–water partition coefficient (Wildman–Crippen LogP) is 4.14. The maximum Gasteiger partial charge on any atom is 0.315 e. The summed E-state index contributed by atoms with van der Waals surface area (Å²) in [4.78, 5) is 21.5. The minimum absolute atomic E-state index is 0.00609. The second kappa shape index (κ2) is 6.72. The lowest BCUT2D eigenvalue weighted by Gasteiger charge is -2.37. The monoisotopic (exact) mass is 352 g/mol. The number of hydrogen-bond donors (Lipinski definition) is 2. The standard InChI is InChI=1S/C19H20N4OS/c20-19(24)23-9-7-14(10-17(23)15-6-8-21-11-15)18-22-16(12-25-18)13-4-2-1-3-5-13/h1-6,8,11-12,14,17,21H,7,9-10H2,(H2,20,24). The first-order chi connectivity index (χ1) is 12.2. The number of rotatable bonds is 3. The second-order valence-electron chi connectivity index (χ2n) is 6.35. The van der Waals surface area contributed by atoms with Crippen LogP contribution in [-0.4, -0.2) is 27.4 Å². The molecule has 3 N–H and O–H groups in total. The van der Waals surface area contributed by atoms with Crippen molar-refractivity contribution in [2.24, 2.45) is 5.73 Å². The largest absolute Gasteiger partial charge is 0.367 e. The highest BCUT2D eigenvalue weighted by atomic mass is 32.1. The Balaban J connectivity index is 1.58. The van der Waals surface area contributed by atoms with Gasteiger partial charge in [0.1, 0.15) is 0 Å². The van der Waals surface area contributed by atoms with E-state index in [1.54, 1.807) is 16.2 Å². The zero-order valence-corrected chi connectivity index (χ0v) is 14.6. The van der Waals surface area contributed by atoms with Gasteiger partial charge in [0.15, 0.2) is 0 Å². The summed E-state index contributed by atoms with van der Waals surface area (Å²) >= 11 is 1.71. The summed E-state index contributed by atoms with van der Waals surface area (Å²) in [6.07, 6.45) is 5.57. The number of amides is 2. The van der Waals surface area contributed by atoms with Crippen molar-refractivity contribution in [3.8, 4) is 11.3 Å². The Kier molecular flexibility index (Phi) is 4.28. The quantitative estimate of drug-likeness (QED) is 0.743. The highest BCUT2D eigenvalue weighted by Crippen LogP contribution is 2.40. The van der Waals surface area contributed by atoms with Gasteiger partial charge in [-0.3, -0.25) is 0 Å². The van der Waals surface area contributed by atoms with Crippen molar-refractivity contribution >= 4 is 17.4 Å². The molecule has 2 aromatic heterocycles. The molecule has 0 aliphatic carbocycles. The number of H-pyrrole nitrogens is 1. The zero-order chi connectivity index (χ0) is 17.2. The Hall–Kier alpha value is -2.60. The number of aromatic amines is 1. The van der Waals surface area contributed by atoms with E-state index in [2.05, 4.69) is 22.5 Å². The van der Waals surface area contributed by atoms with E-state index in [-0.39, 0.29) is 12.1 Å². The average Bonchev–Trinajstić information content (AvgIpc) is 3.34. The molecule has 5 nitrogen and oxygen atoms in total. The van der Waals surface area contributed by atoms with Gasteiger partial charge in [0.2, 0.25) is 0 Å². The van der Waals surface area contributed by atoms with Crippen LogP contribution in [0.15, 0.2) is 54.2 Å². The van der Waals surface area contributed by atoms with E-state index in [1.165, 1.54) is 0 Å². The van der Waals surface area contributed by atoms with Gasteiger partial charge >= 0.3 is 6.03 Å². The Morgan fingerprint density at radius 1 is 1.28 bits per heavy atom. The van der Waals surface area contributed by atoms with E-state index < -0.39 is 0 Å². The van der Waals surface area contributed by atoms with Gasteiger partial charge in [-0.05, 0) is 24.5 Å². The van der Waals surface area contributed by atoms with Gasteiger partial charge in [-0.2, -0.15) is 0 Å². The summed E-state index contributed by atoms with van der Waals surface area (Å²) in [5.41, 5.74) is 8.86. The van der Waals surface area contributed by atoms with Crippen molar-refractivity contribution in [2.45, 2.75) is 24.8 Å². The molecule has 0 bridgehead atoms. The number of nitrogens with two attached hydrogens (primary N) is 1. The lowest BCUT2D eigenvalue weighted by atomic mass is 9.88. The summed E-state index contributed by atoms with van der Waals surface area (Å²) < 4.78 is 0. The molecule has 4 rings (SSSR count). The number of piperidine rings is 1. The van der Waals surface area contributed by atoms with Crippen LogP contribution in [0.1, 0.15) is 35.4 Å². The molecule has 0 saturated carbocycles. The number of primary amides is 1. The molecule has 25 heavy (non-hydrogen) atoms. The van der Waals surface area contributed by atoms with E-state index in [4.69, 9.17) is 10.7 Å². The molecule has 2 unspecified atom stereocenters. The van der Waals surface area contributed by atoms with Crippen LogP contribution in [0.3, 0.4) is 0 Å². The van der Waals surface area contributed by atoms with Gasteiger partial charge in [-0.25, -0.2) is 9.78 Å². The van der Waals surface area contributed by atoms with Gasteiger partial charge < -0.3 is 15.6 Å². The minimum atomic E-state index is -0.353. The van der Waals surface area contributed by atoms with Crippen LogP contribution in [0.4, 0.5) is 4.79 Å². The Labute approximate surface area is 150 Å². The number of nitrogens with zero attached hydrogens (tertiary/aromatic N) is 2. The third-order valence-electron chi connectivity index (χ3n) is 4.83. The third-order valence-corrected chi connectivity index (χ3v) is 5.84. The first-order valence-corrected chi connectivity index (χ1v) is 9.30. The summed E-state index contributed by atoms with van der Waals surface area (Å²) in [5, 5.41) is 3.26. The molecule has 3 heterocycles. The molecular formula is C19H20N4OS. The van der Waals surface area contributed by atoms with Crippen LogP contribution in [0.5, 0.6) is 0 Å². The number of thiazole rings is 1. The van der Waals surface area contributed by atoms with Crippen molar-refractivity contribution in [1.29, 1.82) is 0 Å². The molecule has 2 atom stereocenters. The summed E-state index contributed by atoms with van der Waals surface area (Å²) in [7, 11) is 0. The number of hydrogen-bond acceptors (Lipinski definition) is 3. The fourth-order valence-corrected chi connectivity index (χ4v) is 4.51. The second-order valence-corrected chi connectivity index (χ2v) is 7.24. The van der Waals surface area contributed by atoms with Crippen LogP contribution in [0.25, 0.3) is 11.3 Å². The maximum atomic E-state index is 11.8. The van der Waals surface area contributed by atoms with Crippen molar-refractivity contribution in [1.82, 2.24) is 14.9 Å². The van der Waals surface area contributed by atoms with Crippen molar-refractivity contribution in [3.63, 3.8) is 0 Å². The third kappa shape index (κ3) is 3.17. The molecular weight excluding hydrogens is 332 g/mol. The number of carbonyl (C=O) groups excluding carboxylic acids is 1. The number of benzene rings is 1. The van der Waals surface area contributed by atoms with Gasteiger partial charge in [-0.15, -0.1) is 11.3 Å². The molecule has 1 aliphatic heterocycles. The SMILES string of the molecule is NC(=O)N1CCC(c2nc(-c3ccccc3)cs2)CC1c1cc[nH]c1. The van der Waals surface area contributed by atoms with Crippen LogP contribution in [0, 0.1) is 0 Å². The summed E-state index contributed by atoms with van der Waals surface area (Å²) in [6, 6.07) is 11.9. The van der Waals surface area contributed by atoms with E-state index >= 15 is 0 Å². The van der Waals surface area contributed by atoms with Crippen LogP contribution in [-0.2, 0) is 0 Å². The highest BCUT2D eigenvalue weighted by molar-refractivity contribution is 7.10. The van der Waals surface area contributed by atoms with Gasteiger partial charge in [0, 0.05) is 35.8 Å². The first-order valence-electron chi connectivity index (χ1n) is 8.42. The molecule has 128 valence electrons. The van der Waals surface area contributed by atoms with Crippen LogP contribution in [0.2, 0.25) is 0 Å². The van der Waals surface area contributed by atoms with E-state index in [0.717, 1.165) is 34.7 Å². The smallest absolute Gasteiger partial charge is 0.315 e.